The zero-order valence-corrected chi connectivity index (χ0v) is 10.8. The molecule has 3 nitrogen and oxygen atoms in total. The summed E-state index contributed by atoms with van der Waals surface area (Å²) in [6.45, 7) is 3.75. The van der Waals surface area contributed by atoms with Crippen molar-refractivity contribution in [3.63, 3.8) is 0 Å². The highest BCUT2D eigenvalue weighted by molar-refractivity contribution is 5.82. The molecule has 0 amide bonds. The molecule has 0 bridgehead atoms. The summed E-state index contributed by atoms with van der Waals surface area (Å²) in [5, 5.41) is 0. The summed E-state index contributed by atoms with van der Waals surface area (Å²) in [7, 11) is 0. The van der Waals surface area contributed by atoms with E-state index in [4.69, 9.17) is 5.73 Å². The maximum Gasteiger partial charge on any atom is 0.205 e. The van der Waals surface area contributed by atoms with Gasteiger partial charge in [0.15, 0.2) is 0 Å². The van der Waals surface area contributed by atoms with Crippen molar-refractivity contribution in [3.8, 4) is 5.69 Å². The van der Waals surface area contributed by atoms with Crippen molar-refractivity contribution >= 4 is 17.0 Å². The number of para-hydroxylation sites is 1. The molecule has 0 aliphatic rings. The van der Waals surface area contributed by atoms with Crippen LogP contribution >= 0.6 is 0 Å². The number of rotatable bonds is 1. The van der Waals surface area contributed by atoms with E-state index in [0.717, 1.165) is 16.8 Å². The summed E-state index contributed by atoms with van der Waals surface area (Å²) in [6, 6.07) is 11.1. The molecule has 0 radical (unpaired) electrons. The molecule has 2 aromatic carbocycles. The first-order chi connectivity index (χ1) is 9.08. The highest BCUT2D eigenvalue weighted by Gasteiger charge is 2.13. The summed E-state index contributed by atoms with van der Waals surface area (Å²) >= 11 is 0. The number of nitrogens with zero attached hydrogens (tertiary/aromatic N) is 2. The van der Waals surface area contributed by atoms with Crippen LogP contribution in [0.2, 0.25) is 0 Å². The molecule has 19 heavy (non-hydrogen) atoms. The molecule has 1 aromatic heterocycles. The van der Waals surface area contributed by atoms with Crippen LogP contribution in [0.15, 0.2) is 36.4 Å². The van der Waals surface area contributed by atoms with Crippen LogP contribution in [0, 0.1) is 19.7 Å². The monoisotopic (exact) mass is 255 g/mol. The first-order valence-electron chi connectivity index (χ1n) is 6.08. The Hall–Kier alpha value is -2.36. The fourth-order valence-corrected chi connectivity index (χ4v) is 2.29. The zero-order valence-electron chi connectivity index (χ0n) is 10.8. The highest BCUT2D eigenvalue weighted by atomic mass is 19.1. The molecule has 0 unspecified atom stereocenters. The van der Waals surface area contributed by atoms with Crippen molar-refractivity contribution < 1.29 is 4.39 Å². The fourth-order valence-electron chi connectivity index (χ4n) is 2.29. The van der Waals surface area contributed by atoms with Crippen LogP contribution < -0.4 is 5.73 Å². The molecule has 0 saturated heterocycles. The van der Waals surface area contributed by atoms with Gasteiger partial charge in [-0.3, -0.25) is 4.57 Å². The molecular weight excluding hydrogens is 241 g/mol. The van der Waals surface area contributed by atoms with E-state index >= 15 is 0 Å². The Morgan fingerprint density at radius 3 is 2.58 bits per heavy atom. The minimum atomic E-state index is -0.262. The number of hydrogen-bond donors (Lipinski definition) is 1. The van der Waals surface area contributed by atoms with E-state index in [1.807, 2.05) is 35.8 Å². The predicted molar refractivity (Wildman–Crippen MR) is 74.9 cm³/mol. The topological polar surface area (TPSA) is 43.8 Å². The van der Waals surface area contributed by atoms with Crippen molar-refractivity contribution in [1.82, 2.24) is 9.55 Å². The lowest BCUT2D eigenvalue weighted by Crippen LogP contribution is -2.02. The van der Waals surface area contributed by atoms with Crippen molar-refractivity contribution in [2.45, 2.75) is 13.8 Å². The van der Waals surface area contributed by atoms with E-state index < -0.39 is 0 Å². The third kappa shape index (κ3) is 1.76. The van der Waals surface area contributed by atoms with Gasteiger partial charge in [0.2, 0.25) is 5.95 Å². The van der Waals surface area contributed by atoms with E-state index in [9.17, 15) is 4.39 Å². The van der Waals surface area contributed by atoms with Gasteiger partial charge in [-0.1, -0.05) is 18.2 Å². The molecule has 0 aliphatic heterocycles. The second-order valence-electron chi connectivity index (χ2n) is 4.68. The van der Waals surface area contributed by atoms with Crippen LogP contribution in [-0.2, 0) is 0 Å². The van der Waals surface area contributed by atoms with Crippen LogP contribution in [-0.4, -0.2) is 9.55 Å². The molecule has 0 spiro atoms. The lowest BCUT2D eigenvalue weighted by Gasteiger charge is -2.10. The van der Waals surface area contributed by atoms with Gasteiger partial charge in [-0.25, -0.2) is 9.37 Å². The largest absolute Gasteiger partial charge is 0.369 e. The molecule has 4 heteroatoms. The number of halogens is 1. The van der Waals surface area contributed by atoms with Crippen LogP contribution in [0.5, 0.6) is 0 Å². The second kappa shape index (κ2) is 4.09. The summed E-state index contributed by atoms with van der Waals surface area (Å²) in [5.74, 6) is 0.108. The van der Waals surface area contributed by atoms with Gasteiger partial charge in [0.25, 0.3) is 0 Å². The lowest BCUT2D eigenvalue weighted by molar-refractivity contribution is 0.620. The first kappa shape index (κ1) is 11.7. The molecule has 0 saturated carbocycles. The Balaban J connectivity index is 2.38. The van der Waals surface area contributed by atoms with Crippen LogP contribution in [0.3, 0.4) is 0 Å². The van der Waals surface area contributed by atoms with Crippen molar-refractivity contribution in [1.29, 1.82) is 0 Å². The van der Waals surface area contributed by atoms with E-state index in [0.29, 0.717) is 17.0 Å². The third-order valence-corrected chi connectivity index (χ3v) is 3.32. The van der Waals surface area contributed by atoms with Crippen molar-refractivity contribution in [2.75, 3.05) is 5.73 Å². The molecule has 0 fully saturated rings. The Morgan fingerprint density at radius 1 is 1.11 bits per heavy atom. The number of anilines is 1. The molecule has 1 heterocycles. The van der Waals surface area contributed by atoms with Crippen LogP contribution in [0.4, 0.5) is 10.3 Å². The van der Waals surface area contributed by atoms with Gasteiger partial charge < -0.3 is 5.73 Å². The Labute approximate surface area is 110 Å². The van der Waals surface area contributed by atoms with Crippen LogP contribution in [0.1, 0.15) is 11.1 Å². The Kier molecular flexibility index (Phi) is 2.52. The average Bonchev–Trinajstić information content (AvgIpc) is 2.66. The summed E-state index contributed by atoms with van der Waals surface area (Å²) in [4.78, 5) is 4.23. The highest BCUT2D eigenvalue weighted by Crippen LogP contribution is 2.26. The number of fused-ring (bicyclic) bond motifs is 1. The van der Waals surface area contributed by atoms with Gasteiger partial charge in [0, 0.05) is 6.07 Å². The molecule has 3 rings (SSSR count). The molecule has 3 aromatic rings. The van der Waals surface area contributed by atoms with Gasteiger partial charge in [-0.2, -0.15) is 0 Å². The smallest absolute Gasteiger partial charge is 0.205 e. The number of nitrogens with two attached hydrogens (primary N) is 1. The summed E-state index contributed by atoms with van der Waals surface area (Å²) in [5.41, 5.74) is 10.0. The van der Waals surface area contributed by atoms with Gasteiger partial charge >= 0.3 is 0 Å². The van der Waals surface area contributed by atoms with E-state index in [1.165, 1.54) is 6.07 Å². The normalized spacial score (nSPS) is 11.1. The Bertz CT molecular complexity index is 774. The molecule has 96 valence electrons. The van der Waals surface area contributed by atoms with Crippen LogP contribution in [0.25, 0.3) is 16.7 Å². The minimum absolute atomic E-state index is 0.262. The number of nitrogen functional groups attached to an aromatic ring is 1. The van der Waals surface area contributed by atoms with Crippen molar-refractivity contribution in [2.24, 2.45) is 0 Å². The van der Waals surface area contributed by atoms with Gasteiger partial charge in [-0.15, -0.1) is 0 Å². The number of hydrogen-bond acceptors (Lipinski definition) is 2. The number of aryl methyl sites for hydroxylation is 2. The molecule has 2 N–H and O–H groups in total. The molecule has 0 atom stereocenters. The van der Waals surface area contributed by atoms with Gasteiger partial charge in [0.1, 0.15) is 5.82 Å². The molecular formula is C15H14FN3. The fraction of sp³-hybridized carbons (Fsp3) is 0.133. The maximum absolute atomic E-state index is 13.6. The number of benzene rings is 2. The SMILES string of the molecule is Cc1cc2c(cc1F)nc(N)n2-c1ccccc1C. The first-order valence-corrected chi connectivity index (χ1v) is 6.08. The second-order valence-corrected chi connectivity index (χ2v) is 4.68. The van der Waals surface area contributed by atoms with Gasteiger partial charge in [-0.05, 0) is 37.1 Å². The van der Waals surface area contributed by atoms with E-state index in [-0.39, 0.29) is 5.82 Å². The quantitative estimate of drug-likeness (QED) is 0.724. The average molecular weight is 255 g/mol. The predicted octanol–water partition coefficient (Wildman–Crippen LogP) is 3.36. The zero-order chi connectivity index (χ0) is 13.6. The number of aromatic nitrogens is 2. The number of imidazole rings is 1. The lowest BCUT2D eigenvalue weighted by atomic mass is 10.1. The minimum Gasteiger partial charge on any atom is -0.369 e. The molecule has 0 aliphatic carbocycles. The van der Waals surface area contributed by atoms with E-state index in [2.05, 4.69) is 4.98 Å². The Morgan fingerprint density at radius 2 is 1.84 bits per heavy atom. The standard InChI is InChI=1S/C15H14FN3/c1-9-5-3-4-6-13(9)19-14-7-10(2)11(16)8-12(14)18-15(19)17/h3-8H,1-2H3,(H2,17,18). The van der Waals surface area contributed by atoms with Crippen molar-refractivity contribution in [3.05, 3.63) is 53.3 Å². The summed E-state index contributed by atoms with van der Waals surface area (Å²) < 4.78 is 15.4. The van der Waals surface area contributed by atoms with E-state index in [1.54, 1.807) is 13.0 Å². The third-order valence-electron chi connectivity index (χ3n) is 3.32. The maximum atomic E-state index is 13.6. The van der Waals surface area contributed by atoms with Gasteiger partial charge in [0.05, 0.1) is 16.7 Å². The summed E-state index contributed by atoms with van der Waals surface area (Å²) in [6.07, 6.45) is 0.